The van der Waals surface area contributed by atoms with Gasteiger partial charge in [0, 0.05) is 11.6 Å². The zero-order valence-corrected chi connectivity index (χ0v) is 9.96. The van der Waals surface area contributed by atoms with Gasteiger partial charge < -0.3 is 15.5 Å². The van der Waals surface area contributed by atoms with Crippen molar-refractivity contribution in [2.45, 2.75) is 0 Å². The van der Waals surface area contributed by atoms with E-state index in [4.69, 9.17) is 10.2 Å². The Morgan fingerprint density at radius 3 is 2.89 bits per heavy atom. The maximum Gasteiger partial charge on any atom is 0.291 e. The van der Waals surface area contributed by atoms with Gasteiger partial charge >= 0.3 is 0 Å². The van der Waals surface area contributed by atoms with Crippen molar-refractivity contribution in [3.8, 4) is 0 Å². The molecule has 5 heteroatoms. The Kier molecular flexibility index (Phi) is 2.64. The number of furan rings is 1. The minimum Gasteiger partial charge on any atom is -0.459 e. The molecule has 0 bridgehead atoms. The van der Waals surface area contributed by atoms with Crippen molar-refractivity contribution in [1.82, 2.24) is 4.98 Å². The number of carbonyl (C=O) groups excluding carboxylic acids is 1. The average molecular weight is 253 g/mol. The molecule has 19 heavy (non-hydrogen) atoms. The Morgan fingerprint density at radius 2 is 2.11 bits per heavy atom. The predicted octanol–water partition coefficient (Wildman–Crippen LogP) is 2.66. The molecule has 0 unspecified atom stereocenters. The molecule has 1 aromatic carbocycles. The molecule has 0 atom stereocenters. The van der Waals surface area contributed by atoms with E-state index in [0.717, 1.165) is 5.39 Å². The van der Waals surface area contributed by atoms with Gasteiger partial charge in [0.2, 0.25) is 0 Å². The van der Waals surface area contributed by atoms with Gasteiger partial charge in [0.05, 0.1) is 23.2 Å². The minimum absolute atomic E-state index is 0.258. The Bertz CT molecular complexity index is 736. The van der Waals surface area contributed by atoms with Gasteiger partial charge in [0.15, 0.2) is 5.76 Å². The summed E-state index contributed by atoms with van der Waals surface area (Å²) >= 11 is 0. The second-order valence-corrected chi connectivity index (χ2v) is 4.03. The SMILES string of the molecule is Nc1ccc(NC(=O)c2ccco2)c2cccnc12. The van der Waals surface area contributed by atoms with Gasteiger partial charge in [0.1, 0.15) is 0 Å². The van der Waals surface area contributed by atoms with Crippen molar-refractivity contribution in [1.29, 1.82) is 0 Å². The van der Waals surface area contributed by atoms with Crippen LogP contribution in [0.15, 0.2) is 53.3 Å². The van der Waals surface area contributed by atoms with E-state index in [0.29, 0.717) is 16.9 Å². The summed E-state index contributed by atoms with van der Waals surface area (Å²) in [5, 5.41) is 3.58. The van der Waals surface area contributed by atoms with E-state index >= 15 is 0 Å². The van der Waals surface area contributed by atoms with Crippen molar-refractivity contribution in [3.05, 3.63) is 54.6 Å². The monoisotopic (exact) mass is 253 g/mol. The van der Waals surface area contributed by atoms with Gasteiger partial charge in [-0.3, -0.25) is 9.78 Å². The standard InChI is InChI=1S/C14H11N3O2/c15-10-5-6-11(9-3-1-7-16-13(9)10)17-14(18)12-4-2-8-19-12/h1-8H,15H2,(H,17,18). The number of rotatable bonds is 2. The van der Waals surface area contributed by atoms with Crippen LogP contribution in [0.25, 0.3) is 10.9 Å². The first-order chi connectivity index (χ1) is 9.25. The third-order valence-electron chi connectivity index (χ3n) is 2.79. The highest BCUT2D eigenvalue weighted by molar-refractivity contribution is 6.09. The third-order valence-corrected chi connectivity index (χ3v) is 2.79. The van der Waals surface area contributed by atoms with Crippen LogP contribution in [0.3, 0.4) is 0 Å². The maximum absolute atomic E-state index is 11.9. The van der Waals surface area contributed by atoms with Gasteiger partial charge in [-0.15, -0.1) is 0 Å². The molecular formula is C14H11N3O2. The molecule has 0 spiro atoms. The number of benzene rings is 1. The van der Waals surface area contributed by atoms with E-state index in [2.05, 4.69) is 10.3 Å². The van der Waals surface area contributed by atoms with E-state index in [1.807, 2.05) is 6.07 Å². The summed E-state index contributed by atoms with van der Waals surface area (Å²) in [5.74, 6) is -0.0474. The van der Waals surface area contributed by atoms with Crippen molar-refractivity contribution >= 4 is 28.2 Å². The van der Waals surface area contributed by atoms with Crippen LogP contribution < -0.4 is 11.1 Å². The molecule has 0 aliphatic carbocycles. The highest BCUT2D eigenvalue weighted by Gasteiger charge is 2.11. The van der Waals surface area contributed by atoms with Crippen molar-refractivity contribution in [3.63, 3.8) is 0 Å². The predicted molar refractivity (Wildman–Crippen MR) is 72.8 cm³/mol. The summed E-state index contributed by atoms with van der Waals surface area (Å²) in [6, 6.07) is 10.4. The van der Waals surface area contributed by atoms with Gasteiger partial charge in [0.25, 0.3) is 5.91 Å². The van der Waals surface area contributed by atoms with E-state index in [1.54, 1.807) is 36.5 Å². The number of aromatic nitrogens is 1. The van der Waals surface area contributed by atoms with Crippen LogP contribution in [0.1, 0.15) is 10.6 Å². The van der Waals surface area contributed by atoms with Crippen molar-refractivity contribution < 1.29 is 9.21 Å². The number of amides is 1. The molecule has 0 radical (unpaired) electrons. The molecule has 94 valence electrons. The molecule has 0 fully saturated rings. The number of nitrogens with zero attached hydrogens (tertiary/aromatic N) is 1. The molecule has 3 N–H and O–H groups in total. The zero-order chi connectivity index (χ0) is 13.2. The van der Waals surface area contributed by atoms with Crippen LogP contribution in [0.4, 0.5) is 11.4 Å². The lowest BCUT2D eigenvalue weighted by Gasteiger charge is -2.08. The Hall–Kier alpha value is -2.82. The molecule has 0 aliphatic heterocycles. The number of carbonyl (C=O) groups is 1. The lowest BCUT2D eigenvalue weighted by atomic mass is 10.1. The van der Waals surface area contributed by atoms with Gasteiger partial charge in [-0.25, -0.2) is 0 Å². The lowest BCUT2D eigenvalue weighted by Crippen LogP contribution is -2.11. The molecule has 0 saturated heterocycles. The molecule has 0 aliphatic rings. The minimum atomic E-state index is -0.306. The summed E-state index contributed by atoms with van der Waals surface area (Å²) in [5.41, 5.74) is 7.75. The first-order valence-corrected chi connectivity index (χ1v) is 5.74. The molecule has 0 saturated carbocycles. The second kappa shape index (κ2) is 4.45. The smallest absolute Gasteiger partial charge is 0.291 e. The van der Waals surface area contributed by atoms with Crippen LogP contribution in [0.5, 0.6) is 0 Å². The van der Waals surface area contributed by atoms with Crippen LogP contribution in [-0.2, 0) is 0 Å². The molecule has 2 aromatic heterocycles. The number of hydrogen-bond acceptors (Lipinski definition) is 4. The summed E-state index contributed by atoms with van der Waals surface area (Å²) in [7, 11) is 0. The first-order valence-electron chi connectivity index (χ1n) is 5.74. The van der Waals surface area contributed by atoms with E-state index in [-0.39, 0.29) is 11.7 Å². The number of nitrogens with one attached hydrogen (secondary N) is 1. The molecular weight excluding hydrogens is 242 g/mol. The highest BCUT2D eigenvalue weighted by Crippen LogP contribution is 2.26. The molecule has 3 rings (SSSR count). The summed E-state index contributed by atoms with van der Waals surface area (Å²) in [6.07, 6.45) is 3.12. The second-order valence-electron chi connectivity index (χ2n) is 4.03. The Labute approximate surface area is 109 Å². The van der Waals surface area contributed by atoms with Crippen molar-refractivity contribution in [2.75, 3.05) is 11.1 Å². The zero-order valence-electron chi connectivity index (χ0n) is 9.96. The number of pyridine rings is 1. The van der Waals surface area contributed by atoms with Crippen LogP contribution in [0.2, 0.25) is 0 Å². The average Bonchev–Trinajstić information content (AvgIpc) is 2.96. The first kappa shape index (κ1) is 11.3. The third kappa shape index (κ3) is 2.01. The molecule has 1 amide bonds. The van der Waals surface area contributed by atoms with Crippen LogP contribution in [-0.4, -0.2) is 10.9 Å². The number of hydrogen-bond donors (Lipinski definition) is 2. The number of fused-ring (bicyclic) bond motifs is 1. The van der Waals surface area contributed by atoms with E-state index in [1.165, 1.54) is 6.26 Å². The highest BCUT2D eigenvalue weighted by atomic mass is 16.3. The Balaban J connectivity index is 2.02. The van der Waals surface area contributed by atoms with Crippen LogP contribution >= 0.6 is 0 Å². The maximum atomic E-state index is 11.9. The van der Waals surface area contributed by atoms with Crippen molar-refractivity contribution in [2.24, 2.45) is 0 Å². The number of nitrogens with two attached hydrogens (primary N) is 1. The summed E-state index contributed by atoms with van der Waals surface area (Å²) < 4.78 is 5.05. The molecule has 2 heterocycles. The van der Waals surface area contributed by atoms with Gasteiger partial charge in [-0.2, -0.15) is 0 Å². The van der Waals surface area contributed by atoms with E-state index < -0.39 is 0 Å². The molecule has 5 nitrogen and oxygen atoms in total. The lowest BCUT2D eigenvalue weighted by molar-refractivity contribution is 0.0997. The normalized spacial score (nSPS) is 10.5. The van der Waals surface area contributed by atoms with E-state index in [9.17, 15) is 4.79 Å². The summed E-state index contributed by atoms with van der Waals surface area (Å²) in [6.45, 7) is 0. The fourth-order valence-corrected chi connectivity index (χ4v) is 1.90. The molecule has 3 aromatic rings. The number of nitrogen functional groups attached to an aromatic ring is 1. The Morgan fingerprint density at radius 1 is 1.21 bits per heavy atom. The topological polar surface area (TPSA) is 81.1 Å². The number of anilines is 2. The fraction of sp³-hybridized carbons (Fsp3) is 0. The van der Waals surface area contributed by atoms with Gasteiger partial charge in [-0.1, -0.05) is 0 Å². The largest absolute Gasteiger partial charge is 0.459 e. The van der Waals surface area contributed by atoms with Crippen LogP contribution in [0, 0.1) is 0 Å². The quantitative estimate of drug-likeness (QED) is 0.688. The summed E-state index contributed by atoms with van der Waals surface area (Å²) in [4.78, 5) is 16.2. The van der Waals surface area contributed by atoms with Gasteiger partial charge in [-0.05, 0) is 36.4 Å². The fourth-order valence-electron chi connectivity index (χ4n) is 1.90.